The van der Waals surface area contributed by atoms with Crippen LogP contribution in [0.3, 0.4) is 0 Å². The Labute approximate surface area is 234 Å². The summed E-state index contributed by atoms with van der Waals surface area (Å²) in [4.78, 5) is 4.79. The fraction of sp³-hybridized carbons (Fsp3) is 0.0278. The molecular formula is C36H23N3S. The van der Waals surface area contributed by atoms with Crippen molar-refractivity contribution in [3.05, 3.63) is 127 Å². The number of hydrogen-bond donors (Lipinski definition) is 0. The fourth-order valence-corrected chi connectivity index (χ4v) is 7.76. The average Bonchev–Trinajstić information content (AvgIpc) is 3.65. The molecule has 188 valence electrons. The number of thiophene rings is 1. The van der Waals surface area contributed by atoms with Gasteiger partial charge in [-0.25, -0.2) is 0 Å². The lowest BCUT2D eigenvalue weighted by atomic mass is 10.1. The highest BCUT2D eigenvalue weighted by atomic mass is 32.1. The lowest BCUT2D eigenvalue weighted by Gasteiger charge is -2.10. The van der Waals surface area contributed by atoms with E-state index in [0.717, 1.165) is 5.69 Å². The Morgan fingerprint density at radius 1 is 0.550 bits per heavy atom. The van der Waals surface area contributed by atoms with Crippen LogP contribution in [0.15, 0.2) is 122 Å². The van der Waals surface area contributed by atoms with E-state index < -0.39 is 0 Å². The summed E-state index contributed by atoms with van der Waals surface area (Å²) < 4.78 is 7.33. The van der Waals surface area contributed by atoms with Crippen LogP contribution in [0.2, 0.25) is 0 Å². The van der Waals surface area contributed by atoms with Gasteiger partial charge in [-0.1, -0.05) is 72.8 Å². The Kier molecular flexibility index (Phi) is 4.41. The van der Waals surface area contributed by atoms with E-state index in [1.165, 1.54) is 75.0 Å². The molecule has 0 unspecified atom stereocenters. The Bertz CT molecular complexity index is 2400. The molecule has 4 aromatic heterocycles. The second-order valence-corrected chi connectivity index (χ2v) is 11.6. The van der Waals surface area contributed by atoms with Crippen LogP contribution in [0, 0.1) is 6.92 Å². The maximum atomic E-state index is 4.79. The summed E-state index contributed by atoms with van der Waals surface area (Å²) in [6.07, 6.45) is 4.06. The van der Waals surface area contributed by atoms with Gasteiger partial charge in [0.2, 0.25) is 0 Å². The zero-order valence-electron chi connectivity index (χ0n) is 21.8. The van der Waals surface area contributed by atoms with E-state index in [9.17, 15) is 0 Å². The van der Waals surface area contributed by atoms with Crippen LogP contribution >= 0.6 is 11.3 Å². The number of fused-ring (bicyclic) bond motifs is 9. The lowest BCUT2D eigenvalue weighted by Crippen LogP contribution is -1.95. The molecule has 0 amide bonds. The van der Waals surface area contributed by atoms with Crippen LogP contribution in [-0.2, 0) is 0 Å². The fourth-order valence-electron chi connectivity index (χ4n) is 6.60. The monoisotopic (exact) mass is 529 g/mol. The molecule has 0 N–H and O–H groups in total. The van der Waals surface area contributed by atoms with Gasteiger partial charge in [0.05, 0.1) is 38.7 Å². The minimum atomic E-state index is 1.13. The van der Waals surface area contributed by atoms with Crippen LogP contribution < -0.4 is 0 Å². The minimum Gasteiger partial charge on any atom is -0.309 e. The highest BCUT2D eigenvalue weighted by Crippen LogP contribution is 2.42. The van der Waals surface area contributed by atoms with E-state index in [2.05, 4.69) is 125 Å². The molecule has 0 aliphatic carbocycles. The van der Waals surface area contributed by atoms with Crippen molar-refractivity contribution in [3.8, 4) is 11.4 Å². The van der Waals surface area contributed by atoms with Gasteiger partial charge in [-0.05, 0) is 48.9 Å². The van der Waals surface area contributed by atoms with Crippen molar-refractivity contribution in [2.75, 3.05) is 0 Å². The molecular weight excluding hydrogens is 506 g/mol. The smallest absolute Gasteiger partial charge is 0.0825 e. The van der Waals surface area contributed by atoms with Gasteiger partial charge in [0.25, 0.3) is 0 Å². The second-order valence-electron chi connectivity index (χ2n) is 10.5. The number of hydrogen-bond acceptors (Lipinski definition) is 2. The third-order valence-corrected chi connectivity index (χ3v) is 9.53. The molecule has 0 radical (unpaired) electrons. The maximum absolute atomic E-state index is 4.79. The van der Waals surface area contributed by atoms with Gasteiger partial charge in [-0.2, -0.15) is 0 Å². The van der Waals surface area contributed by atoms with E-state index in [4.69, 9.17) is 4.98 Å². The number of nitrogens with zero attached hydrogens (tertiary/aromatic N) is 3. The molecule has 40 heavy (non-hydrogen) atoms. The van der Waals surface area contributed by atoms with Gasteiger partial charge in [-0.3, -0.25) is 4.98 Å². The van der Waals surface area contributed by atoms with Crippen molar-refractivity contribution in [2.24, 2.45) is 0 Å². The number of rotatable bonds is 2. The normalized spacial score (nSPS) is 12.1. The molecule has 9 aromatic rings. The Morgan fingerprint density at radius 2 is 1.18 bits per heavy atom. The van der Waals surface area contributed by atoms with Crippen molar-refractivity contribution in [2.45, 2.75) is 6.92 Å². The molecule has 0 fully saturated rings. The summed E-state index contributed by atoms with van der Waals surface area (Å²) in [5, 5.41) is 7.54. The Hall–Kier alpha value is -4.93. The third-order valence-electron chi connectivity index (χ3n) is 8.32. The molecule has 0 spiro atoms. The average molecular weight is 530 g/mol. The predicted octanol–water partition coefficient (Wildman–Crippen LogP) is 9.95. The van der Waals surface area contributed by atoms with Crippen LogP contribution in [0.1, 0.15) is 5.56 Å². The number of para-hydroxylation sites is 4. The summed E-state index contributed by atoms with van der Waals surface area (Å²) in [5.41, 5.74) is 8.50. The summed E-state index contributed by atoms with van der Waals surface area (Å²) in [6, 6.07) is 39.6. The van der Waals surface area contributed by atoms with E-state index in [1.807, 2.05) is 23.7 Å². The van der Waals surface area contributed by atoms with E-state index in [0.29, 0.717) is 0 Å². The quantitative estimate of drug-likeness (QED) is 0.218. The van der Waals surface area contributed by atoms with Crippen molar-refractivity contribution < 1.29 is 0 Å². The largest absolute Gasteiger partial charge is 0.309 e. The highest BCUT2D eigenvalue weighted by Gasteiger charge is 2.18. The van der Waals surface area contributed by atoms with E-state index in [1.54, 1.807) is 0 Å². The van der Waals surface area contributed by atoms with E-state index in [-0.39, 0.29) is 0 Å². The SMILES string of the molecule is Cc1cccc2c3ccccc3n(-c3ccc4sc5c(-n6c7ccccc7c7ccccc76)cncc5c4c3)c12. The topological polar surface area (TPSA) is 22.8 Å². The van der Waals surface area contributed by atoms with Crippen LogP contribution in [0.4, 0.5) is 0 Å². The van der Waals surface area contributed by atoms with E-state index >= 15 is 0 Å². The van der Waals surface area contributed by atoms with Crippen molar-refractivity contribution in [3.63, 3.8) is 0 Å². The highest BCUT2D eigenvalue weighted by molar-refractivity contribution is 7.26. The van der Waals surface area contributed by atoms with Gasteiger partial charge >= 0.3 is 0 Å². The molecule has 0 saturated carbocycles. The van der Waals surface area contributed by atoms with Crippen molar-refractivity contribution in [1.29, 1.82) is 0 Å². The lowest BCUT2D eigenvalue weighted by molar-refractivity contribution is 1.17. The number of benzene rings is 5. The molecule has 3 nitrogen and oxygen atoms in total. The molecule has 0 bridgehead atoms. The molecule has 5 aromatic carbocycles. The van der Waals surface area contributed by atoms with Gasteiger partial charge in [0, 0.05) is 48.9 Å². The Balaban J connectivity index is 1.35. The molecule has 4 heteroatoms. The van der Waals surface area contributed by atoms with Crippen LogP contribution in [-0.4, -0.2) is 14.1 Å². The second kappa shape index (κ2) is 8.04. The molecule has 0 aliphatic rings. The molecule has 0 aliphatic heterocycles. The Morgan fingerprint density at radius 3 is 1.90 bits per heavy atom. The van der Waals surface area contributed by atoms with Crippen molar-refractivity contribution in [1.82, 2.24) is 14.1 Å². The predicted molar refractivity (Wildman–Crippen MR) is 171 cm³/mol. The molecule has 0 atom stereocenters. The summed E-state index contributed by atoms with van der Waals surface area (Å²) >= 11 is 1.85. The van der Waals surface area contributed by atoms with Gasteiger partial charge in [0.1, 0.15) is 0 Å². The van der Waals surface area contributed by atoms with Gasteiger partial charge < -0.3 is 9.13 Å². The first kappa shape index (κ1) is 21.9. The zero-order chi connectivity index (χ0) is 26.4. The standard InChI is InChI=1S/C36H23N3S/c1-22-9-8-13-27-26-12-4-5-14-30(26)38(35(22)27)23-17-18-34-28(19-23)29-20-37-21-33(36(29)40-34)39-31-15-6-2-10-24(31)25-11-3-7-16-32(25)39/h2-21H,1H3. The molecule has 4 heterocycles. The number of aromatic nitrogens is 3. The summed E-state index contributed by atoms with van der Waals surface area (Å²) in [5.74, 6) is 0. The molecule has 9 rings (SSSR count). The van der Waals surface area contributed by atoms with Crippen LogP contribution in [0.25, 0.3) is 75.2 Å². The first-order valence-corrected chi connectivity index (χ1v) is 14.4. The maximum Gasteiger partial charge on any atom is 0.0825 e. The number of pyridine rings is 1. The van der Waals surface area contributed by atoms with Gasteiger partial charge in [-0.15, -0.1) is 11.3 Å². The van der Waals surface area contributed by atoms with Gasteiger partial charge in [0.15, 0.2) is 0 Å². The minimum absolute atomic E-state index is 1.13. The first-order chi connectivity index (χ1) is 19.8. The third kappa shape index (κ3) is 2.86. The summed E-state index contributed by atoms with van der Waals surface area (Å²) in [7, 11) is 0. The van der Waals surface area contributed by atoms with Crippen molar-refractivity contribution >= 4 is 75.1 Å². The summed E-state index contributed by atoms with van der Waals surface area (Å²) in [6.45, 7) is 2.21. The number of aryl methyl sites for hydroxylation is 1. The molecule has 0 saturated heterocycles. The first-order valence-electron chi connectivity index (χ1n) is 13.6. The zero-order valence-corrected chi connectivity index (χ0v) is 22.6. The van der Waals surface area contributed by atoms with Crippen LogP contribution in [0.5, 0.6) is 0 Å².